The molecule has 4 rings (SSSR count). The van der Waals surface area contributed by atoms with Crippen molar-refractivity contribution in [1.29, 1.82) is 0 Å². The van der Waals surface area contributed by atoms with E-state index in [-0.39, 0.29) is 12.0 Å². The van der Waals surface area contributed by atoms with Gasteiger partial charge in [0.25, 0.3) is 5.91 Å². The number of hydrogen-bond donors (Lipinski definition) is 1. The third kappa shape index (κ3) is 4.36. The van der Waals surface area contributed by atoms with Gasteiger partial charge >= 0.3 is 0 Å². The van der Waals surface area contributed by atoms with Gasteiger partial charge in [0.15, 0.2) is 0 Å². The predicted molar refractivity (Wildman–Crippen MR) is 101 cm³/mol. The van der Waals surface area contributed by atoms with Crippen LogP contribution in [0.4, 0.5) is 5.82 Å². The molecule has 2 fully saturated rings. The number of hydrogen-bond acceptors (Lipinski definition) is 6. The normalized spacial score (nSPS) is 19.3. The van der Waals surface area contributed by atoms with Gasteiger partial charge in [0.1, 0.15) is 11.9 Å². The molecule has 0 unspecified atom stereocenters. The number of carbonyl (C=O) groups excluding carboxylic acids is 1. The van der Waals surface area contributed by atoms with E-state index in [1.165, 1.54) is 12.8 Å². The summed E-state index contributed by atoms with van der Waals surface area (Å²) in [5.41, 5.74) is 1.56. The molecule has 0 spiro atoms. The van der Waals surface area contributed by atoms with Gasteiger partial charge in [-0.15, -0.1) is 0 Å². The molecule has 2 aromatic heterocycles. The molecule has 1 atom stereocenters. The fourth-order valence-electron chi connectivity index (χ4n) is 3.45. The summed E-state index contributed by atoms with van der Waals surface area (Å²) in [6.45, 7) is 3.75. The molecule has 2 aliphatic heterocycles. The summed E-state index contributed by atoms with van der Waals surface area (Å²) in [5.74, 6) is 1.27. The first-order chi connectivity index (χ1) is 13.3. The summed E-state index contributed by atoms with van der Waals surface area (Å²) in [4.78, 5) is 23.6. The Kier molecular flexibility index (Phi) is 5.48. The van der Waals surface area contributed by atoms with E-state index in [2.05, 4.69) is 20.2 Å². The summed E-state index contributed by atoms with van der Waals surface area (Å²) in [6, 6.07) is 7.29. The third-order valence-electron chi connectivity index (χ3n) is 4.88. The van der Waals surface area contributed by atoms with Gasteiger partial charge in [0.2, 0.25) is 5.88 Å². The molecular weight excluding hydrogens is 344 g/mol. The molecule has 1 N–H and O–H groups in total. The standard InChI is InChI=1S/C20H24N4O3/c25-20(15-5-8-21-18(12-15)27-17-6-11-26-14-17)23-13-16-4-3-7-22-19(16)24-9-1-2-10-24/h3-5,7-8,12,17H,1-2,6,9-11,13-14H2,(H,23,25)/t17-/m1/s1. The summed E-state index contributed by atoms with van der Waals surface area (Å²) >= 11 is 0. The Morgan fingerprint density at radius 3 is 2.96 bits per heavy atom. The monoisotopic (exact) mass is 368 g/mol. The molecule has 2 aromatic rings. The maximum Gasteiger partial charge on any atom is 0.251 e. The maximum atomic E-state index is 12.6. The first-order valence-corrected chi connectivity index (χ1v) is 9.47. The van der Waals surface area contributed by atoms with Crippen molar-refractivity contribution in [3.63, 3.8) is 0 Å². The fourth-order valence-corrected chi connectivity index (χ4v) is 3.45. The van der Waals surface area contributed by atoms with Crippen molar-refractivity contribution in [3.8, 4) is 5.88 Å². The lowest BCUT2D eigenvalue weighted by Crippen LogP contribution is -2.26. The van der Waals surface area contributed by atoms with E-state index in [4.69, 9.17) is 9.47 Å². The molecule has 2 saturated heterocycles. The first kappa shape index (κ1) is 17.7. The molecule has 0 radical (unpaired) electrons. The van der Waals surface area contributed by atoms with Crippen LogP contribution >= 0.6 is 0 Å². The van der Waals surface area contributed by atoms with Gasteiger partial charge in [0, 0.05) is 55.6 Å². The summed E-state index contributed by atoms with van der Waals surface area (Å²) in [5, 5.41) is 2.99. The highest BCUT2D eigenvalue weighted by Crippen LogP contribution is 2.22. The second kappa shape index (κ2) is 8.35. The van der Waals surface area contributed by atoms with E-state index in [9.17, 15) is 4.79 Å². The number of ether oxygens (including phenoxy) is 2. The van der Waals surface area contributed by atoms with Gasteiger partial charge in [-0.2, -0.15) is 0 Å². The Morgan fingerprint density at radius 1 is 1.26 bits per heavy atom. The van der Waals surface area contributed by atoms with Crippen LogP contribution in [0.1, 0.15) is 35.2 Å². The topological polar surface area (TPSA) is 76.6 Å². The number of nitrogens with zero attached hydrogens (tertiary/aromatic N) is 3. The van der Waals surface area contributed by atoms with Crippen molar-refractivity contribution in [1.82, 2.24) is 15.3 Å². The number of amides is 1. The van der Waals surface area contributed by atoms with E-state index in [0.717, 1.165) is 30.9 Å². The zero-order chi connectivity index (χ0) is 18.5. The molecule has 4 heterocycles. The van der Waals surface area contributed by atoms with E-state index in [1.54, 1.807) is 24.5 Å². The number of anilines is 1. The highest BCUT2D eigenvalue weighted by Gasteiger charge is 2.19. The van der Waals surface area contributed by atoms with Crippen LogP contribution < -0.4 is 15.0 Å². The van der Waals surface area contributed by atoms with Gasteiger partial charge in [-0.3, -0.25) is 4.79 Å². The molecule has 7 heteroatoms. The SMILES string of the molecule is O=C(NCc1cccnc1N1CCCC1)c1ccnc(O[C@@H]2CCOC2)c1. The van der Waals surface area contributed by atoms with Crippen molar-refractivity contribution in [2.75, 3.05) is 31.2 Å². The third-order valence-corrected chi connectivity index (χ3v) is 4.88. The van der Waals surface area contributed by atoms with Crippen molar-refractivity contribution in [2.45, 2.75) is 31.9 Å². The van der Waals surface area contributed by atoms with Crippen LogP contribution in [0.15, 0.2) is 36.7 Å². The smallest absolute Gasteiger partial charge is 0.251 e. The number of pyridine rings is 2. The summed E-state index contributed by atoms with van der Waals surface area (Å²) < 4.78 is 11.1. The Bertz CT molecular complexity index is 786. The zero-order valence-electron chi connectivity index (χ0n) is 15.3. The number of nitrogens with one attached hydrogen (secondary N) is 1. The lowest BCUT2D eigenvalue weighted by atomic mass is 10.2. The Morgan fingerprint density at radius 2 is 2.15 bits per heavy atom. The Hall–Kier alpha value is -2.67. The molecule has 7 nitrogen and oxygen atoms in total. The molecule has 0 aromatic carbocycles. The van der Waals surface area contributed by atoms with Gasteiger partial charge in [-0.25, -0.2) is 9.97 Å². The first-order valence-electron chi connectivity index (χ1n) is 9.47. The van der Waals surface area contributed by atoms with Crippen molar-refractivity contribution >= 4 is 11.7 Å². The minimum Gasteiger partial charge on any atom is -0.472 e. The van der Waals surface area contributed by atoms with Crippen LogP contribution in [0, 0.1) is 0 Å². The lowest BCUT2D eigenvalue weighted by molar-refractivity contribution is 0.0949. The molecule has 0 aliphatic carbocycles. The van der Waals surface area contributed by atoms with E-state index in [1.807, 2.05) is 12.1 Å². The van der Waals surface area contributed by atoms with E-state index < -0.39 is 0 Å². The molecule has 27 heavy (non-hydrogen) atoms. The zero-order valence-corrected chi connectivity index (χ0v) is 15.3. The summed E-state index contributed by atoms with van der Waals surface area (Å²) in [7, 11) is 0. The van der Waals surface area contributed by atoms with Gasteiger partial charge < -0.3 is 19.7 Å². The van der Waals surface area contributed by atoms with Crippen LogP contribution in [0.3, 0.4) is 0 Å². The minimum absolute atomic E-state index is 0.00854. The van der Waals surface area contributed by atoms with Crippen LogP contribution in [0.2, 0.25) is 0 Å². The van der Waals surface area contributed by atoms with Crippen LogP contribution in [0.25, 0.3) is 0 Å². The number of carbonyl (C=O) groups is 1. The van der Waals surface area contributed by atoms with Crippen molar-refractivity contribution in [3.05, 3.63) is 47.8 Å². The average molecular weight is 368 g/mol. The van der Waals surface area contributed by atoms with Crippen LogP contribution in [-0.2, 0) is 11.3 Å². The van der Waals surface area contributed by atoms with E-state index in [0.29, 0.717) is 31.2 Å². The predicted octanol–water partition coefficient (Wildman–Crippen LogP) is 2.17. The Balaban J connectivity index is 1.39. The average Bonchev–Trinajstić information content (AvgIpc) is 3.41. The highest BCUT2D eigenvalue weighted by molar-refractivity contribution is 5.94. The van der Waals surface area contributed by atoms with Gasteiger partial charge in [0.05, 0.1) is 13.2 Å². The quantitative estimate of drug-likeness (QED) is 0.842. The number of aromatic nitrogens is 2. The molecule has 1 amide bonds. The lowest BCUT2D eigenvalue weighted by Gasteiger charge is -2.20. The Labute approximate surface area is 158 Å². The van der Waals surface area contributed by atoms with Crippen LogP contribution in [-0.4, -0.2) is 48.3 Å². The second-order valence-electron chi connectivity index (χ2n) is 6.85. The van der Waals surface area contributed by atoms with E-state index >= 15 is 0 Å². The summed E-state index contributed by atoms with van der Waals surface area (Å²) in [6.07, 6.45) is 6.63. The molecule has 2 aliphatic rings. The number of rotatable bonds is 6. The maximum absolute atomic E-state index is 12.6. The van der Waals surface area contributed by atoms with Crippen LogP contribution in [0.5, 0.6) is 5.88 Å². The van der Waals surface area contributed by atoms with Crippen molar-refractivity contribution < 1.29 is 14.3 Å². The fraction of sp³-hybridized carbons (Fsp3) is 0.450. The molecule has 0 bridgehead atoms. The molecule has 0 saturated carbocycles. The highest BCUT2D eigenvalue weighted by atomic mass is 16.5. The van der Waals surface area contributed by atoms with Crippen molar-refractivity contribution in [2.24, 2.45) is 0 Å². The molecular formula is C20H24N4O3. The van der Waals surface area contributed by atoms with Gasteiger partial charge in [-0.1, -0.05) is 6.07 Å². The van der Waals surface area contributed by atoms with Gasteiger partial charge in [-0.05, 0) is 25.0 Å². The molecule has 142 valence electrons. The second-order valence-corrected chi connectivity index (χ2v) is 6.85. The minimum atomic E-state index is -0.152. The largest absolute Gasteiger partial charge is 0.472 e.